The molecule has 1 aliphatic rings. The van der Waals surface area contributed by atoms with Crippen molar-refractivity contribution in [3.05, 3.63) is 33.8 Å². The van der Waals surface area contributed by atoms with Crippen LogP contribution in [0.1, 0.15) is 58.1 Å². The van der Waals surface area contributed by atoms with Crippen LogP contribution in [0.3, 0.4) is 0 Å². The topological polar surface area (TPSA) is 32.3 Å². The Bertz CT molecular complexity index is 492. The summed E-state index contributed by atoms with van der Waals surface area (Å²) in [7, 11) is 0. The minimum atomic E-state index is -0.583. The summed E-state index contributed by atoms with van der Waals surface area (Å²) in [6, 6.07) is 5.81. The van der Waals surface area contributed by atoms with Crippen molar-refractivity contribution in [2.24, 2.45) is 5.41 Å². The van der Waals surface area contributed by atoms with Gasteiger partial charge in [-0.1, -0.05) is 43.1 Å². The van der Waals surface area contributed by atoms with E-state index in [1.165, 1.54) is 0 Å². The van der Waals surface area contributed by atoms with Crippen LogP contribution < -0.4 is 5.32 Å². The first-order valence-corrected chi connectivity index (χ1v) is 8.37. The standard InChI is InChI=1S/C17H25Cl2NO/c1-12(13-4-5-14(18)15(19)10-13)20-11-17(21)8-6-16(2,3)7-9-17/h4-5,10,12,20-21H,6-9,11H2,1-3H3. The molecule has 1 aromatic carbocycles. The second kappa shape index (κ2) is 6.45. The fraction of sp³-hybridized carbons (Fsp3) is 0.647. The molecular formula is C17H25Cl2NO. The molecule has 1 saturated carbocycles. The van der Waals surface area contributed by atoms with Crippen LogP contribution in [0.4, 0.5) is 0 Å². The minimum absolute atomic E-state index is 0.138. The smallest absolute Gasteiger partial charge is 0.0772 e. The van der Waals surface area contributed by atoms with Crippen LogP contribution in [0.5, 0.6) is 0 Å². The van der Waals surface area contributed by atoms with Gasteiger partial charge in [0.25, 0.3) is 0 Å². The van der Waals surface area contributed by atoms with Crippen molar-refractivity contribution in [2.45, 2.75) is 58.1 Å². The van der Waals surface area contributed by atoms with Gasteiger partial charge >= 0.3 is 0 Å². The Morgan fingerprint density at radius 2 is 1.76 bits per heavy atom. The second-order valence-corrected chi connectivity index (χ2v) is 7.98. The summed E-state index contributed by atoms with van der Waals surface area (Å²) < 4.78 is 0. The molecule has 1 unspecified atom stereocenters. The van der Waals surface area contributed by atoms with Crippen LogP contribution in [0.2, 0.25) is 10.0 Å². The van der Waals surface area contributed by atoms with Crippen molar-refractivity contribution in [1.82, 2.24) is 5.32 Å². The van der Waals surface area contributed by atoms with Gasteiger partial charge in [-0.05, 0) is 55.7 Å². The van der Waals surface area contributed by atoms with E-state index in [1.807, 2.05) is 18.2 Å². The highest BCUT2D eigenvalue weighted by molar-refractivity contribution is 6.42. The van der Waals surface area contributed by atoms with Gasteiger partial charge in [-0.3, -0.25) is 0 Å². The van der Waals surface area contributed by atoms with Crippen LogP contribution in [0, 0.1) is 5.41 Å². The third-order valence-corrected chi connectivity index (χ3v) is 5.45. The zero-order valence-corrected chi connectivity index (χ0v) is 14.6. The van der Waals surface area contributed by atoms with Gasteiger partial charge in [0, 0.05) is 12.6 Å². The molecule has 0 amide bonds. The Kier molecular flexibility index (Phi) is 5.25. The summed E-state index contributed by atoms with van der Waals surface area (Å²) in [5.74, 6) is 0. The molecule has 0 heterocycles. The van der Waals surface area contributed by atoms with E-state index in [2.05, 4.69) is 26.1 Å². The number of hydrogen-bond donors (Lipinski definition) is 2. The maximum absolute atomic E-state index is 10.7. The molecule has 2 rings (SSSR count). The quantitative estimate of drug-likeness (QED) is 0.816. The van der Waals surface area contributed by atoms with Gasteiger partial charge in [0.15, 0.2) is 0 Å². The van der Waals surface area contributed by atoms with Gasteiger partial charge in [-0.25, -0.2) is 0 Å². The molecule has 118 valence electrons. The third-order valence-electron chi connectivity index (χ3n) is 4.72. The number of benzene rings is 1. The zero-order chi connectivity index (χ0) is 15.7. The average molecular weight is 330 g/mol. The molecule has 1 aliphatic carbocycles. The molecule has 4 heteroatoms. The van der Waals surface area contributed by atoms with Crippen LogP contribution in [0.25, 0.3) is 0 Å². The van der Waals surface area contributed by atoms with E-state index in [-0.39, 0.29) is 6.04 Å². The molecule has 0 radical (unpaired) electrons. The second-order valence-electron chi connectivity index (χ2n) is 7.16. The van der Waals surface area contributed by atoms with E-state index >= 15 is 0 Å². The van der Waals surface area contributed by atoms with Crippen molar-refractivity contribution >= 4 is 23.2 Å². The summed E-state index contributed by atoms with van der Waals surface area (Å²) in [5, 5.41) is 15.3. The highest BCUT2D eigenvalue weighted by Crippen LogP contribution is 2.40. The lowest BCUT2D eigenvalue weighted by atomic mass is 9.71. The first kappa shape index (κ1) is 17.1. The minimum Gasteiger partial charge on any atom is -0.389 e. The van der Waals surface area contributed by atoms with E-state index < -0.39 is 5.60 Å². The number of rotatable bonds is 4. The molecule has 0 aromatic heterocycles. The Labute approximate surface area is 137 Å². The monoisotopic (exact) mass is 329 g/mol. The van der Waals surface area contributed by atoms with Crippen molar-refractivity contribution in [3.8, 4) is 0 Å². The highest BCUT2D eigenvalue weighted by Gasteiger charge is 2.36. The Morgan fingerprint density at radius 1 is 1.14 bits per heavy atom. The normalized spacial score (nSPS) is 22.0. The predicted molar refractivity (Wildman–Crippen MR) is 90.1 cm³/mol. The number of halogens is 2. The van der Waals surface area contributed by atoms with Crippen LogP contribution in [-0.2, 0) is 0 Å². The van der Waals surface area contributed by atoms with Gasteiger partial charge in [0.2, 0.25) is 0 Å². The summed E-state index contributed by atoms with van der Waals surface area (Å²) in [6.45, 7) is 7.25. The van der Waals surface area contributed by atoms with Crippen LogP contribution >= 0.6 is 23.2 Å². The van der Waals surface area contributed by atoms with E-state index in [0.717, 1.165) is 31.2 Å². The van der Waals surface area contributed by atoms with E-state index in [1.54, 1.807) is 0 Å². The van der Waals surface area contributed by atoms with E-state index in [9.17, 15) is 5.11 Å². The van der Waals surface area contributed by atoms with Crippen molar-refractivity contribution in [3.63, 3.8) is 0 Å². The fourth-order valence-corrected chi connectivity index (χ4v) is 3.12. The summed E-state index contributed by atoms with van der Waals surface area (Å²) in [6.07, 6.45) is 3.88. The molecule has 0 bridgehead atoms. The lowest BCUT2D eigenvalue weighted by molar-refractivity contribution is -0.0258. The zero-order valence-electron chi connectivity index (χ0n) is 13.0. The predicted octanol–water partition coefficient (Wildman–Crippen LogP) is 4.98. The van der Waals surface area contributed by atoms with Gasteiger partial charge in [0.1, 0.15) is 0 Å². The van der Waals surface area contributed by atoms with Crippen molar-refractivity contribution < 1.29 is 5.11 Å². The Morgan fingerprint density at radius 3 is 2.33 bits per heavy atom. The first-order valence-electron chi connectivity index (χ1n) is 7.62. The van der Waals surface area contributed by atoms with E-state index in [4.69, 9.17) is 23.2 Å². The SMILES string of the molecule is CC(NCC1(O)CCC(C)(C)CC1)c1ccc(Cl)c(Cl)c1. The maximum Gasteiger partial charge on any atom is 0.0772 e. The van der Waals surface area contributed by atoms with Gasteiger partial charge in [-0.15, -0.1) is 0 Å². The average Bonchev–Trinajstić information content (AvgIpc) is 2.43. The van der Waals surface area contributed by atoms with Gasteiger partial charge < -0.3 is 10.4 Å². The summed E-state index contributed by atoms with van der Waals surface area (Å²) in [4.78, 5) is 0. The largest absolute Gasteiger partial charge is 0.389 e. The Balaban J connectivity index is 1.91. The van der Waals surface area contributed by atoms with Crippen LogP contribution in [0.15, 0.2) is 18.2 Å². The molecule has 1 aromatic rings. The molecule has 1 fully saturated rings. The summed E-state index contributed by atoms with van der Waals surface area (Å²) >= 11 is 12.0. The number of hydrogen-bond acceptors (Lipinski definition) is 2. The number of aliphatic hydroxyl groups is 1. The number of nitrogens with one attached hydrogen (secondary N) is 1. The molecule has 2 nitrogen and oxygen atoms in total. The Hall–Kier alpha value is -0.280. The van der Waals surface area contributed by atoms with Gasteiger partial charge in [-0.2, -0.15) is 0 Å². The lowest BCUT2D eigenvalue weighted by Crippen LogP contribution is -2.45. The molecule has 0 spiro atoms. The van der Waals surface area contributed by atoms with Crippen LogP contribution in [-0.4, -0.2) is 17.3 Å². The summed E-state index contributed by atoms with van der Waals surface area (Å²) in [5.41, 5.74) is 0.866. The van der Waals surface area contributed by atoms with Gasteiger partial charge in [0.05, 0.1) is 15.6 Å². The maximum atomic E-state index is 10.7. The molecular weight excluding hydrogens is 305 g/mol. The molecule has 0 saturated heterocycles. The molecule has 21 heavy (non-hydrogen) atoms. The molecule has 0 aliphatic heterocycles. The lowest BCUT2D eigenvalue weighted by Gasteiger charge is -2.40. The third kappa shape index (κ3) is 4.59. The van der Waals surface area contributed by atoms with E-state index in [0.29, 0.717) is 22.0 Å². The fourth-order valence-electron chi connectivity index (χ4n) is 2.81. The van der Waals surface area contributed by atoms with Crippen molar-refractivity contribution in [1.29, 1.82) is 0 Å². The van der Waals surface area contributed by atoms with Crippen molar-refractivity contribution in [2.75, 3.05) is 6.54 Å². The first-order chi connectivity index (χ1) is 9.71. The molecule has 1 atom stereocenters. The highest BCUT2D eigenvalue weighted by atomic mass is 35.5. The molecule has 2 N–H and O–H groups in total.